The molecule has 0 aromatic heterocycles. The normalized spacial score (nSPS) is 30.1. The summed E-state index contributed by atoms with van der Waals surface area (Å²) in [6, 6.07) is -0.350. The monoisotopic (exact) mass is 256 g/mol. The van der Waals surface area contributed by atoms with E-state index < -0.39 is 0 Å². The van der Waals surface area contributed by atoms with E-state index in [9.17, 15) is 4.79 Å². The van der Waals surface area contributed by atoms with Crippen molar-refractivity contribution >= 4 is 5.91 Å². The number of hydrogen-bond acceptors (Lipinski definition) is 3. The highest BCUT2D eigenvalue weighted by atomic mass is 16.5. The SMILES string of the molecule is CCCNC(COC1CC(C)CC(C)C1)C(N)=O. The molecule has 1 aliphatic carbocycles. The fourth-order valence-corrected chi connectivity index (χ4v) is 2.80. The lowest BCUT2D eigenvalue weighted by Crippen LogP contribution is -2.46. The molecule has 1 aliphatic rings. The van der Waals surface area contributed by atoms with Crippen LogP contribution in [0.15, 0.2) is 0 Å². The topological polar surface area (TPSA) is 64.3 Å². The quantitative estimate of drug-likeness (QED) is 0.728. The summed E-state index contributed by atoms with van der Waals surface area (Å²) in [5.41, 5.74) is 5.37. The average molecular weight is 256 g/mol. The second-order valence-electron chi connectivity index (χ2n) is 5.78. The number of nitrogens with two attached hydrogens (primary N) is 1. The maximum Gasteiger partial charge on any atom is 0.236 e. The van der Waals surface area contributed by atoms with Crippen LogP contribution in [0.3, 0.4) is 0 Å². The number of ether oxygens (including phenoxy) is 1. The van der Waals surface area contributed by atoms with E-state index in [1.165, 1.54) is 6.42 Å². The molecule has 0 aromatic rings. The first-order valence-electron chi connectivity index (χ1n) is 7.17. The summed E-state index contributed by atoms with van der Waals surface area (Å²) in [4.78, 5) is 11.3. The van der Waals surface area contributed by atoms with Crippen LogP contribution in [0, 0.1) is 11.8 Å². The Morgan fingerprint density at radius 2 is 1.94 bits per heavy atom. The van der Waals surface area contributed by atoms with Crippen LogP contribution in [0.25, 0.3) is 0 Å². The van der Waals surface area contributed by atoms with Gasteiger partial charge in [0.05, 0.1) is 12.7 Å². The Morgan fingerprint density at radius 3 is 2.44 bits per heavy atom. The van der Waals surface area contributed by atoms with Gasteiger partial charge in [-0.25, -0.2) is 0 Å². The second kappa shape index (κ2) is 7.74. The summed E-state index contributed by atoms with van der Waals surface area (Å²) in [5, 5.41) is 3.13. The zero-order valence-electron chi connectivity index (χ0n) is 11.9. The molecule has 0 bridgehead atoms. The van der Waals surface area contributed by atoms with Crippen molar-refractivity contribution in [2.45, 2.75) is 58.6 Å². The first kappa shape index (κ1) is 15.4. The van der Waals surface area contributed by atoms with E-state index in [1.807, 2.05) is 0 Å². The molecule has 0 heterocycles. The number of carbonyl (C=O) groups is 1. The number of carbonyl (C=O) groups excluding carboxylic acids is 1. The summed E-state index contributed by atoms with van der Waals surface area (Å²) in [7, 11) is 0. The lowest BCUT2D eigenvalue weighted by Gasteiger charge is -2.32. The van der Waals surface area contributed by atoms with Crippen LogP contribution in [0.5, 0.6) is 0 Å². The molecular weight excluding hydrogens is 228 g/mol. The van der Waals surface area contributed by atoms with Crippen LogP contribution in [0.4, 0.5) is 0 Å². The fourth-order valence-electron chi connectivity index (χ4n) is 2.80. The van der Waals surface area contributed by atoms with Gasteiger partial charge in [0.1, 0.15) is 6.04 Å². The number of rotatable bonds is 7. The zero-order valence-corrected chi connectivity index (χ0v) is 11.9. The molecule has 0 radical (unpaired) electrons. The summed E-state index contributed by atoms with van der Waals surface area (Å²) in [5.74, 6) is 1.11. The Hall–Kier alpha value is -0.610. The van der Waals surface area contributed by atoms with Gasteiger partial charge in [0, 0.05) is 0 Å². The van der Waals surface area contributed by atoms with Crippen molar-refractivity contribution in [1.29, 1.82) is 0 Å². The van der Waals surface area contributed by atoms with Gasteiger partial charge in [-0.3, -0.25) is 4.79 Å². The van der Waals surface area contributed by atoms with Crippen molar-refractivity contribution in [2.24, 2.45) is 17.6 Å². The Kier molecular flexibility index (Phi) is 6.65. The Balaban J connectivity index is 2.34. The van der Waals surface area contributed by atoms with Gasteiger partial charge in [-0.15, -0.1) is 0 Å². The van der Waals surface area contributed by atoms with Crippen LogP contribution in [0.1, 0.15) is 46.5 Å². The largest absolute Gasteiger partial charge is 0.376 e. The number of primary amides is 1. The molecule has 18 heavy (non-hydrogen) atoms. The Morgan fingerprint density at radius 1 is 1.33 bits per heavy atom. The standard InChI is InChI=1S/C14H28N2O2/c1-4-5-16-13(14(15)17)9-18-12-7-10(2)6-11(3)8-12/h10-13,16H,4-9H2,1-3H3,(H2,15,17). The molecule has 1 fully saturated rings. The van der Waals surface area contributed by atoms with Crippen LogP contribution < -0.4 is 11.1 Å². The van der Waals surface area contributed by atoms with E-state index in [4.69, 9.17) is 10.5 Å². The molecule has 3 N–H and O–H groups in total. The number of amides is 1. The highest BCUT2D eigenvalue weighted by Crippen LogP contribution is 2.30. The lowest BCUT2D eigenvalue weighted by molar-refractivity contribution is -0.122. The van der Waals surface area contributed by atoms with Crippen molar-refractivity contribution in [2.75, 3.05) is 13.2 Å². The molecule has 106 valence electrons. The predicted octanol–water partition coefficient (Wildman–Crippen LogP) is 1.68. The van der Waals surface area contributed by atoms with E-state index >= 15 is 0 Å². The van der Waals surface area contributed by atoms with Gasteiger partial charge in [-0.05, 0) is 44.1 Å². The molecule has 3 atom stereocenters. The van der Waals surface area contributed by atoms with Gasteiger partial charge >= 0.3 is 0 Å². The minimum Gasteiger partial charge on any atom is -0.376 e. The molecule has 0 spiro atoms. The molecule has 1 amide bonds. The van der Waals surface area contributed by atoms with Crippen LogP contribution >= 0.6 is 0 Å². The summed E-state index contributed by atoms with van der Waals surface area (Å²) in [6.45, 7) is 7.81. The van der Waals surface area contributed by atoms with Gasteiger partial charge in [-0.2, -0.15) is 0 Å². The molecule has 4 nitrogen and oxygen atoms in total. The molecule has 0 saturated heterocycles. The summed E-state index contributed by atoms with van der Waals surface area (Å²) in [6.07, 6.45) is 4.76. The third kappa shape index (κ3) is 5.36. The van der Waals surface area contributed by atoms with Gasteiger partial charge in [0.2, 0.25) is 5.91 Å². The van der Waals surface area contributed by atoms with E-state index in [2.05, 4.69) is 26.1 Å². The molecule has 1 rings (SSSR count). The molecule has 0 aromatic carbocycles. The van der Waals surface area contributed by atoms with Crippen LogP contribution in [0.2, 0.25) is 0 Å². The number of nitrogens with one attached hydrogen (secondary N) is 1. The smallest absolute Gasteiger partial charge is 0.236 e. The van der Waals surface area contributed by atoms with Crippen molar-refractivity contribution in [3.05, 3.63) is 0 Å². The van der Waals surface area contributed by atoms with E-state index in [1.54, 1.807) is 0 Å². The second-order valence-corrected chi connectivity index (χ2v) is 5.78. The van der Waals surface area contributed by atoms with E-state index in [-0.39, 0.29) is 18.1 Å². The number of hydrogen-bond donors (Lipinski definition) is 2. The molecule has 3 unspecified atom stereocenters. The van der Waals surface area contributed by atoms with E-state index in [0.29, 0.717) is 6.61 Å². The summed E-state index contributed by atoms with van der Waals surface area (Å²) >= 11 is 0. The highest BCUT2D eigenvalue weighted by Gasteiger charge is 2.25. The minimum absolute atomic E-state index is 0.286. The van der Waals surface area contributed by atoms with Gasteiger partial charge < -0.3 is 15.8 Å². The third-order valence-electron chi connectivity index (χ3n) is 3.62. The predicted molar refractivity (Wildman–Crippen MR) is 73.2 cm³/mol. The molecular formula is C14H28N2O2. The average Bonchev–Trinajstić information content (AvgIpc) is 2.27. The van der Waals surface area contributed by atoms with Crippen molar-refractivity contribution in [1.82, 2.24) is 5.32 Å². The minimum atomic E-state index is -0.350. The van der Waals surface area contributed by atoms with Gasteiger partial charge in [0.25, 0.3) is 0 Å². The van der Waals surface area contributed by atoms with Gasteiger partial charge in [-0.1, -0.05) is 20.8 Å². The van der Waals surface area contributed by atoms with E-state index in [0.717, 1.165) is 37.6 Å². The highest BCUT2D eigenvalue weighted by molar-refractivity contribution is 5.79. The van der Waals surface area contributed by atoms with Crippen molar-refractivity contribution in [3.63, 3.8) is 0 Å². The third-order valence-corrected chi connectivity index (χ3v) is 3.62. The van der Waals surface area contributed by atoms with Crippen LogP contribution in [-0.4, -0.2) is 31.2 Å². The lowest BCUT2D eigenvalue weighted by atomic mass is 9.82. The zero-order chi connectivity index (χ0) is 13.5. The van der Waals surface area contributed by atoms with Crippen molar-refractivity contribution < 1.29 is 9.53 Å². The maximum absolute atomic E-state index is 11.3. The Labute approximate surface area is 111 Å². The molecule has 0 aliphatic heterocycles. The first-order chi connectivity index (χ1) is 8.52. The maximum atomic E-state index is 11.3. The van der Waals surface area contributed by atoms with Crippen molar-refractivity contribution in [3.8, 4) is 0 Å². The molecule has 4 heteroatoms. The van der Waals surface area contributed by atoms with Crippen LogP contribution in [-0.2, 0) is 9.53 Å². The fraction of sp³-hybridized carbons (Fsp3) is 0.929. The first-order valence-corrected chi connectivity index (χ1v) is 7.17. The molecule has 1 saturated carbocycles. The Bertz CT molecular complexity index is 248. The van der Waals surface area contributed by atoms with Gasteiger partial charge in [0.15, 0.2) is 0 Å². The summed E-state index contributed by atoms with van der Waals surface area (Å²) < 4.78 is 5.88.